The molecule has 0 aromatic carbocycles. The second-order valence-electron chi connectivity index (χ2n) is 3.48. The Kier molecular flexibility index (Phi) is 5.23. The molecule has 76 valence electrons. The lowest BCUT2D eigenvalue weighted by Gasteiger charge is -2.21. The zero-order valence-corrected chi connectivity index (χ0v) is 8.74. The molecule has 1 rings (SSSR count). The van der Waals surface area contributed by atoms with Crippen molar-refractivity contribution in [3.05, 3.63) is 0 Å². The smallest absolute Gasteiger partial charge is 0.218 e. The minimum Gasteiger partial charge on any atom is -0.370 e. The van der Waals surface area contributed by atoms with Crippen LogP contribution in [0.3, 0.4) is 0 Å². The van der Waals surface area contributed by atoms with Crippen LogP contribution >= 0.6 is 11.8 Å². The molecule has 1 fully saturated rings. The summed E-state index contributed by atoms with van der Waals surface area (Å²) < 4.78 is 0. The van der Waals surface area contributed by atoms with Gasteiger partial charge in [-0.05, 0) is 36.8 Å². The summed E-state index contributed by atoms with van der Waals surface area (Å²) in [6.07, 6.45) is 3.09. The molecular weight excluding hydrogens is 184 g/mol. The Labute approximate surface area is 83.8 Å². The van der Waals surface area contributed by atoms with Gasteiger partial charge in [0.1, 0.15) is 0 Å². The van der Waals surface area contributed by atoms with E-state index in [0.29, 0.717) is 6.42 Å². The molecule has 0 bridgehead atoms. The van der Waals surface area contributed by atoms with Crippen molar-refractivity contribution in [3.8, 4) is 0 Å². The van der Waals surface area contributed by atoms with E-state index in [4.69, 9.17) is 5.73 Å². The molecule has 3 N–H and O–H groups in total. The molecule has 4 heteroatoms. The Morgan fingerprint density at radius 2 is 2.15 bits per heavy atom. The van der Waals surface area contributed by atoms with Gasteiger partial charge in [-0.25, -0.2) is 0 Å². The average molecular weight is 202 g/mol. The lowest BCUT2D eigenvalue weighted by Crippen LogP contribution is -2.28. The summed E-state index contributed by atoms with van der Waals surface area (Å²) in [7, 11) is 0. The van der Waals surface area contributed by atoms with Gasteiger partial charge in [0.25, 0.3) is 0 Å². The summed E-state index contributed by atoms with van der Waals surface area (Å²) in [4.78, 5) is 10.4. The molecule has 13 heavy (non-hydrogen) atoms. The third-order valence-electron chi connectivity index (χ3n) is 2.32. The van der Waals surface area contributed by atoms with E-state index >= 15 is 0 Å². The van der Waals surface area contributed by atoms with Crippen LogP contribution in [0.4, 0.5) is 0 Å². The standard InChI is InChI=1S/C9H18N2OS/c10-9(12)1-4-11-7-8-2-5-13-6-3-8/h8,11H,1-7H2,(H2,10,12). The van der Waals surface area contributed by atoms with E-state index in [9.17, 15) is 4.79 Å². The van der Waals surface area contributed by atoms with E-state index in [2.05, 4.69) is 5.32 Å². The fourth-order valence-corrected chi connectivity index (χ4v) is 2.67. The summed E-state index contributed by atoms with van der Waals surface area (Å²) in [5.41, 5.74) is 5.03. The molecular formula is C9H18N2OS. The highest BCUT2D eigenvalue weighted by Gasteiger charge is 2.12. The molecule has 3 nitrogen and oxygen atoms in total. The van der Waals surface area contributed by atoms with Crippen LogP contribution in [0.5, 0.6) is 0 Å². The zero-order valence-electron chi connectivity index (χ0n) is 7.92. The number of primary amides is 1. The van der Waals surface area contributed by atoms with Gasteiger partial charge in [-0.15, -0.1) is 0 Å². The van der Waals surface area contributed by atoms with Crippen LogP contribution in [0.15, 0.2) is 0 Å². The second kappa shape index (κ2) is 6.27. The van der Waals surface area contributed by atoms with Gasteiger partial charge in [0.05, 0.1) is 0 Å². The Bertz CT molecular complexity index is 158. The maximum atomic E-state index is 10.4. The van der Waals surface area contributed by atoms with Crippen molar-refractivity contribution in [2.24, 2.45) is 11.7 Å². The fourth-order valence-electron chi connectivity index (χ4n) is 1.47. The normalized spacial score (nSPS) is 18.8. The second-order valence-corrected chi connectivity index (χ2v) is 4.70. The number of carbonyl (C=O) groups excluding carboxylic acids is 1. The van der Waals surface area contributed by atoms with Gasteiger partial charge in [-0.2, -0.15) is 11.8 Å². The van der Waals surface area contributed by atoms with Crippen molar-refractivity contribution in [3.63, 3.8) is 0 Å². The summed E-state index contributed by atoms with van der Waals surface area (Å²) in [5, 5.41) is 3.28. The van der Waals surface area contributed by atoms with Gasteiger partial charge in [-0.3, -0.25) is 4.79 Å². The van der Waals surface area contributed by atoms with E-state index < -0.39 is 0 Å². The van der Waals surface area contributed by atoms with Gasteiger partial charge in [0, 0.05) is 13.0 Å². The van der Waals surface area contributed by atoms with Gasteiger partial charge in [-0.1, -0.05) is 0 Å². The van der Waals surface area contributed by atoms with Crippen LogP contribution in [-0.4, -0.2) is 30.5 Å². The van der Waals surface area contributed by atoms with E-state index in [1.54, 1.807) is 0 Å². The number of amides is 1. The van der Waals surface area contributed by atoms with Gasteiger partial charge in [0.2, 0.25) is 5.91 Å². The quantitative estimate of drug-likeness (QED) is 0.642. The number of nitrogens with two attached hydrogens (primary N) is 1. The predicted octanol–water partition coefficient (Wildman–Crippen LogP) is 0.595. The minimum absolute atomic E-state index is 0.216. The summed E-state index contributed by atoms with van der Waals surface area (Å²) >= 11 is 2.04. The lowest BCUT2D eigenvalue weighted by molar-refractivity contribution is -0.117. The summed E-state index contributed by atoms with van der Waals surface area (Å²) in [5.74, 6) is 3.19. The van der Waals surface area contributed by atoms with Crippen molar-refractivity contribution in [1.29, 1.82) is 0 Å². The van der Waals surface area contributed by atoms with Crippen molar-refractivity contribution in [2.45, 2.75) is 19.3 Å². The Morgan fingerprint density at radius 3 is 2.77 bits per heavy atom. The van der Waals surface area contributed by atoms with E-state index in [-0.39, 0.29) is 5.91 Å². The molecule has 1 aliphatic rings. The summed E-state index contributed by atoms with van der Waals surface area (Å²) in [6, 6.07) is 0. The molecule has 1 heterocycles. The highest BCUT2D eigenvalue weighted by molar-refractivity contribution is 7.99. The molecule has 0 spiro atoms. The van der Waals surface area contributed by atoms with Crippen LogP contribution in [-0.2, 0) is 4.79 Å². The first-order valence-electron chi connectivity index (χ1n) is 4.86. The van der Waals surface area contributed by atoms with E-state index in [1.807, 2.05) is 11.8 Å². The Balaban J connectivity index is 1.95. The first-order chi connectivity index (χ1) is 6.29. The molecule has 1 aliphatic heterocycles. The zero-order chi connectivity index (χ0) is 9.52. The van der Waals surface area contributed by atoms with Gasteiger partial charge >= 0.3 is 0 Å². The largest absolute Gasteiger partial charge is 0.370 e. The minimum atomic E-state index is -0.216. The SMILES string of the molecule is NC(=O)CCNCC1CCSCC1. The van der Waals surface area contributed by atoms with Gasteiger partial charge in [0.15, 0.2) is 0 Å². The van der Waals surface area contributed by atoms with Crippen LogP contribution in [0.2, 0.25) is 0 Å². The van der Waals surface area contributed by atoms with Crippen LogP contribution < -0.4 is 11.1 Å². The molecule has 1 saturated heterocycles. The molecule has 0 saturated carbocycles. The monoisotopic (exact) mass is 202 g/mol. The highest BCUT2D eigenvalue weighted by atomic mass is 32.2. The van der Waals surface area contributed by atoms with Crippen molar-refractivity contribution in [2.75, 3.05) is 24.6 Å². The number of hydrogen-bond acceptors (Lipinski definition) is 3. The molecule has 0 atom stereocenters. The number of carbonyl (C=O) groups is 1. The maximum absolute atomic E-state index is 10.4. The van der Waals surface area contributed by atoms with E-state index in [0.717, 1.165) is 19.0 Å². The number of hydrogen-bond donors (Lipinski definition) is 2. The molecule has 1 amide bonds. The Hall–Kier alpha value is -0.220. The average Bonchev–Trinajstić information content (AvgIpc) is 2.14. The number of nitrogens with one attached hydrogen (secondary N) is 1. The molecule has 0 unspecified atom stereocenters. The number of thioether (sulfide) groups is 1. The van der Waals surface area contributed by atoms with E-state index in [1.165, 1.54) is 24.3 Å². The van der Waals surface area contributed by atoms with Gasteiger partial charge < -0.3 is 11.1 Å². The van der Waals surface area contributed by atoms with Crippen molar-refractivity contribution >= 4 is 17.7 Å². The van der Waals surface area contributed by atoms with Crippen molar-refractivity contribution < 1.29 is 4.79 Å². The van der Waals surface area contributed by atoms with Crippen LogP contribution in [0.1, 0.15) is 19.3 Å². The lowest BCUT2D eigenvalue weighted by atomic mass is 10.0. The highest BCUT2D eigenvalue weighted by Crippen LogP contribution is 2.21. The third-order valence-corrected chi connectivity index (χ3v) is 3.37. The van der Waals surface area contributed by atoms with Crippen molar-refractivity contribution in [1.82, 2.24) is 5.32 Å². The number of rotatable bonds is 5. The molecule has 0 aromatic rings. The van der Waals surface area contributed by atoms with Crippen LogP contribution in [0.25, 0.3) is 0 Å². The molecule has 0 aliphatic carbocycles. The molecule has 0 radical (unpaired) electrons. The fraction of sp³-hybridized carbons (Fsp3) is 0.889. The summed E-state index contributed by atoms with van der Waals surface area (Å²) in [6.45, 7) is 1.78. The first-order valence-corrected chi connectivity index (χ1v) is 6.01. The third kappa shape index (κ3) is 5.16. The molecule has 0 aromatic heterocycles. The Morgan fingerprint density at radius 1 is 1.46 bits per heavy atom. The first kappa shape index (κ1) is 10.9. The maximum Gasteiger partial charge on any atom is 0.218 e. The van der Waals surface area contributed by atoms with Crippen LogP contribution in [0, 0.1) is 5.92 Å². The predicted molar refractivity (Wildman–Crippen MR) is 56.7 cm³/mol. The topological polar surface area (TPSA) is 55.1 Å².